The van der Waals surface area contributed by atoms with E-state index >= 15 is 0 Å². The maximum Gasteiger partial charge on any atom is 0.225 e. The molecule has 1 amide bonds. The van der Waals surface area contributed by atoms with Gasteiger partial charge in [-0.05, 0) is 36.2 Å². The highest BCUT2D eigenvalue weighted by atomic mass is 32.2. The quantitative estimate of drug-likeness (QED) is 0.588. The number of rotatable bonds is 7. The summed E-state index contributed by atoms with van der Waals surface area (Å²) in [5.74, 6) is 6.64. The summed E-state index contributed by atoms with van der Waals surface area (Å²) in [6.45, 7) is 6.97. The number of carbonyl (C=O) groups is 1. The second kappa shape index (κ2) is 10.6. The molecular formula is C22H25NO2S. The van der Waals surface area contributed by atoms with Gasteiger partial charge in [-0.1, -0.05) is 56.0 Å². The molecule has 0 aliphatic heterocycles. The lowest BCUT2D eigenvalue weighted by atomic mass is 10.1. The van der Waals surface area contributed by atoms with E-state index in [0.717, 1.165) is 16.9 Å². The standard InChI is InChI=1S/C22H25NO2S/c1-17(2)26-20-12-10-19(11-13-20)16-22(24)23-14-6-7-15-25-21-9-5-4-8-18(21)3/h4-5,8-13,17H,14-16H2,1-3H3,(H,23,24). The molecule has 0 spiro atoms. The molecule has 2 aromatic rings. The topological polar surface area (TPSA) is 38.3 Å². The Bertz CT molecular complexity index is 773. The fourth-order valence-corrected chi connectivity index (χ4v) is 3.13. The van der Waals surface area contributed by atoms with Gasteiger partial charge in [-0.2, -0.15) is 0 Å². The van der Waals surface area contributed by atoms with Gasteiger partial charge in [-0.25, -0.2) is 0 Å². The van der Waals surface area contributed by atoms with E-state index < -0.39 is 0 Å². The smallest absolute Gasteiger partial charge is 0.225 e. The fraction of sp³-hybridized carbons (Fsp3) is 0.318. The number of benzene rings is 2. The van der Waals surface area contributed by atoms with Crippen LogP contribution in [0.4, 0.5) is 0 Å². The van der Waals surface area contributed by atoms with Gasteiger partial charge in [0.1, 0.15) is 12.4 Å². The van der Waals surface area contributed by atoms with Gasteiger partial charge in [-0.3, -0.25) is 4.79 Å². The molecule has 3 nitrogen and oxygen atoms in total. The zero-order valence-electron chi connectivity index (χ0n) is 15.5. The molecule has 0 fully saturated rings. The van der Waals surface area contributed by atoms with Crippen molar-refractivity contribution < 1.29 is 9.53 Å². The number of hydrogen-bond donors (Lipinski definition) is 1. The van der Waals surface area contributed by atoms with Crippen LogP contribution in [0, 0.1) is 18.8 Å². The monoisotopic (exact) mass is 367 g/mol. The first-order valence-corrected chi connectivity index (χ1v) is 9.59. The van der Waals surface area contributed by atoms with Crippen molar-refractivity contribution in [3.05, 3.63) is 59.7 Å². The Balaban J connectivity index is 1.68. The average molecular weight is 368 g/mol. The van der Waals surface area contributed by atoms with Crippen molar-refractivity contribution >= 4 is 17.7 Å². The zero-order valence-corrected chi connectivity index (χ0v) is 16.4. The normalized spacial score (nSPS) is 10.2. The first kappa shape index (κ1) is 19.9. The van der Waals surface area contributed by atoms with Crippen molar-refractivity contribution in [2.75, 3.05) is 13.2 Å². The Labute approximate surface area is 160 Å². The molecule has 4 heteroatoms. The minimum absolute atomic E-state index is 0.0246. The van der Waals surface area contributed by atoms with Gasteiger partial charge in [0.15, 0.2) is 0 Å². The summed E-state index contributed by atoms with van der Waals surface area (Å²) < 4.78 is 5.59. The molecule has 0 heterocycles. The van der Waals surface area contributed by atoms with Crippen molar-refractivity contribution in [3.8, 4) is 17.6 Å². The van der Waals surface area contributed by atoms with E-state index in [9.17, 15) is 4.79 Å². The lowest BCUT2D eigenvalue weighted by Gasteiger charge is -2.06. The van der Waals surface area contributed by atoms with Gasteiger partial charge in [0.05, 0.1) is 13.0 Å². The molecule has 2 rings (SSSR count). The minimum atomic E-state index is -0.0246. The van der Waals surface area contributed by atoms with Crippen molar-refractivity contribution in [1.29, 1.82) is 0 Å². The van der Waals surface area contributed by atoms with E-state index in [1.54, 1.807) is 0 Å². The van der Waals surface area contributed by atoms with Crippen molar-refractivity contribution in [3.63, 3.8) is 0 Å². The van der Waals surface area contributed by atoms with Crippen LogP contribution in [0.15, 0.2) is 53.4 Å². The lowest BCUT2D eigenvalue weighted by molar-refractivity contribution is -0.120. The van der Waals surface area contributed by atoms with Crippen LogP contribution in [-0.2, 0) is 11.2 Å². The van der Waals surface area contributed by atoms with Crippen LogP contribution in [0.25, 0.3) is 0 Å². The molecule has 0 bridgehead atoms. The highest BCUT2D eigenvalue weighted by Crippen LogP contribution is 2.22. The maximum absolute atomic E-state index is 12.0. The Morgan fingerprint density at radius 1 is 1.12 bits per heavy atom. The second-order valence-corrected chi connectivity index (χ2v) is 7.82. The third-order valence-electron chi connectivity index (χ3n) is 3.55. The van der Waals surface area contributed by atoms with Crippen LogP contribution in [0.3, 0.4) is 0 Å². The predicted octanol–water partition coefficient (Wildman–Crippen LogP) is 4.24. The maximum atomic E-state index is 12.0. The molecular weight excluding hydrogens is 342 g/mol. The largest absolute Gasteiger partial charge is 0.481 e. The summed E-state index contributed by atoms with van der Waals surface area (Å²) in [7, 11) is 0. The van der Waals surface area contributed by atoms with Gasteiger partial charge in [0, 0.05) is 10.1 Å². The van der Waals surface area contributed by atoms with Crippen molar-refractivity contribution in [1.82, 2.24) is 5.32 Å². The molecule has 26 heavy (non-hydrogen) atoms. The summed E-state index contributed by atoms with van der Waals surface area (Å²) in [5, 5.41) is 3.37. The summed E-state index contributed by atoms with van der Waals surface area (Å²) in [4.78, 5) is 13.2. The number of carbonyl (C=O) groups excluding carboxylic acids is 1. The number of para-hydroxylation sites is 1. The number of aryl methyl sites for hydroxylation is 1. The Hall–Kier alpha value is -2.38. The van der Waals surface area contributed by atoms with E-state index in [4.69, 9.17) is 4.74 Å². The molecule has 2 aromatic carbocycles. The van der Waals surface area contributed by atoms with Crippen LogP contribution in [0.5, 0.6) is 5.75 Å². The fourth-order valence-electron chi connectivity index (χ4n) is 2.29. The molecule has 0 saturated carbocycles. The van der Waals surface area contributed by atoms with Crippen LogP contribution < -0.4 is 10.1 Å². The van der Waals surface area contributed by atoms with Gasteiger partial charge in [-0.15, -0.1) is 11.8 Å². The van der Waals surface area contributed by atoms with Crippen LogP contribution in [0.2, 0.25) is 0 Å². The van der Waals surface area contributed by atoms with Gasteiger partial charge < -0.3 is 10.1 Å². The van der Waals surface area contributed by atoms with Crippen LogP contribution in [0.1, 0.15) is 25.0 Å². The molecule has 0 aliphatic carbocycles. The van der Waals surface area contributed by atoms with Gasteiger partial charge in [0.2, 0.25) is 5.91 Å². The summed E-state index contributed by atoms with van der Waals surface area (Å²) in [6.07, 6.45) is 0.369. The summed E-state index contributed by atoms with van der Waals surface area (Å²) >= 11 is 1.82. The SMILES string of the molecule is Cc1ccccc1OCC#CCNC(=O)Cc1ccc(SC(C)C)cc1. The van der Waals surface area contributed by atoms with Crippen LogP contribution in [-0.4, -0.2) is 24.3 Å². The molecule has 0 saturated heterocycles. The molecule has 0 aliphatic rings. The minimum Gasteiger partial charge on any atom is -0.481 e. The lowest BCUT2D eigenvalue weighted by Crippen LogP contribution is -2.25. The van der Waals surface area contributed by atoms with Crippen LogP contribution >= 0.6 is 11.8 Å². The van der Waals surface area contributed by atoms with Crippen molar-refractivity contribution in [2.24, 2.45) is 0 Å². The number of thioether (sulfide) groups is 1. The highest BCUT2D eigenvalue weighted by molar-refractivity contribution is 7.99. The Morgan fingerprint density at radius 2 is 1.85 bits per heavy atom. The third-order valence-corrected chi connectivity index (χ3v) is 4.57. The first-order chi connectivity index (χ1) is 12.5. The summed E-state index contributed by atoms with van der Waals surface area (Å²) in [5.41, 5.74) is 2.09. The average Bonchev–Trinajstić information content (AvgIpc) is 2.60. The van der Waals surface area contributed by atoms with E-state index in [1.165, 1.54) is 4.90 Å². The number of nitrogens with one attached hydrogen (secondary N) is 1. The zero-order chi connectivity index (χ0) is 18.8. The van der Waals surface area contributed by atoms with Gasteiger partial charge >= 0.3 is 0 Å². The van der Waals surface area contributed by atoms with E-state index in [1.807, 2.05) is 55.1 Å². The highest BCUT2D eigenvalue weighted by Gasteiger charge is 2.03. The molecule has 0 atom stereocenters. The molecule has 0 aromatic heterocycles. The Morgan fingerprint density at radius 3 is 2.54 bits per heavy atom. The number of ether oxygens (including phenoxy) is 1. The third kappa shape index (κ3) is 7.25. The number of hydrogen-bond acceptors (Lipinski definition) is 3. The second-order valence-electron chi connectivity index (χ2n) is 6.17. The molecule has 1 N–H and O–H groups in total. The van der Waals surface area contributed by atoms with Gasteiger partial charge in [0.25, 0.3) is 0 Å². The van der Waals surface area contributed by atoms with E-state index in [0.29, 0.717) is 24.8 Å². The van der Waals surface area contributed by atoms with E-state index in [2.05, 4.69) is 43.1 Å². The molecule has 136 valence electrons. The van der Waals surface area contributed by atoms with E-state index in [-0.39, 0.29) is 5.91 Å². The predicted molar refractivity (Wildman–Crippen MR) is 109 cm³/mol. The van der Waals surface area contributed by atoms with Crippen molar-refractivity contribution in [2.45, 2.75) is 37.3 Å². The first-order valence-electron chi connectivity index (χ1n) is 8.71. The molecule has 0 radical (unpaired) electrons. The summed E-state index contributed by atoms with van der Waals surface area (Å²) in [6, 6.07) is 16.0. The Kier molecular flexibility index (Phi) is 8.11. The number of amides is 1. The molecule has 0 unspecified atom stereocenters.